The van der Waals surface area contributed by atoms with Crippen LogP contribution in [0.3, 0.4) is 0 Å². The predicted octanol–water partition coefficient (Wildman–Crippen LogP) is -0.135. The van der Waals surface area contributed by atoms with Gasteiger partial charge in [-0.1, -0.05) is 0 Å². The van der Waals surface area contributed by atoms with E-state index in [9.17, 15) is 13.2 Å². The second-order valence-electron chi connectivity index (χ2n) is 4.87. The molecule has 0 saturated carbocycles. The zero-order valence-electron chi connectivity index (χ0n) is 10.3. The van der Waals surface area contributed by atoms with Crippen molar-refractivity contribution < 1.29 is 18.3 Å². The number of carbonyl (C=O) groups is 1. The van der Waals surface area contributed by atoms with E-state index in [1.165, 1.54) is 4.31 Å². The van der Waals surface area contributed by atoms with E-state index in [0.29, 0.717) is 19.6 Å². The molecule has 0 aromatic carbocycles. The van der Waals surface area contributed by atoms with Crippen LogP contribution in [0, 0.1) is 0 Å². The monoisotopic (exact) mass is 264 g/mol. The summed E-state index contributed by atoms with van der Waals surface area (Å²) in [5.41, 5.74) is -0.444. The fourth-order valence-corrected chi connectivity index (χ4v) is 3.91. The van der Waals surface area contributed by atoms with Crippen molar-refractivity contribution in [2.45, 2.75) is 32.2 Å². The standard InChI is InChI=1S/C10H20N2O4S/c1-10(2)8-11-5-6-12(10)17(15,16)7-3-4-9(13)14/h11H,3-8H2,1-2H3,(H,13,14). The molecule has 1 aliphatic heterocycles. The molecule has 7 heteroatoms. The average Bonchev–Trinajstić information content (AvgIpc) is 2.15. The predicted molar refractivity (Wildman–Crippen MR) is 64.3 cm³/mol. The Morgan fingerprint density at radius 3 is 2.65 bits per heavy atom. The van der Waals surface area contributed by atoms with Gasteiger partial charge in [0, 0.05) is 31.6 Å². The lowest BCUT2D eigenvalue weighted by atomic mass is 10.0. The summed E-state index contributed by atoms with van der Waals surface area (Å²) in [6.45, 7) is 5.44. The third-order valence-electron chi connectivity index (χ3n) is 2.85. The van der Waals surface area contributed by atoms with E-state index in [4.69, 9.17) is 5.11 Å². The normalized spacial score (nSPS) is 21.3. The Morgan fingerprint density at radius 1 is 1.47 bits per heavy atom. The van der Waals surface area contributed by atoms with Crippen LogP contribution in [0.25, 0.3) is 0 Å². The van der Waals surface area contributed by atoms with E-state index in [-0.39, 0.29) is 18.6 Å². The Bertz CT molecular complexity index is 378. The molecule has 100 valence electrons. The third kappa shape index (κ3) is 3.93. The van der Waals surface area contributed by atoms with Gasteiger partial charge in [-0.15, -0.1) is 0 Å². The molecular formula is C10H20N2O4S. The number of piperazine rings is 1. The van der Waals surface area contributed by atoms with Crippen LogP contribution < -0.4 is 5.32 Å². The van der Waals surface area contributed by atoms with E-state index < -0.39 is 21.5 Å². The summed E-state index contributed by atoms with van der Waals surface area (Å²) in [5.74, 6) is -1.05. The second kappa shape index (κ2) is 5.32. The van der Waals surface area contributed by atoms with Crippen LogP contribution in [0.2, 0.25) is 0 Å². The first-order valence-corrected chi connectivity index (χ1v) is 7.30. The zero-order valence-corrected chi connectivity index (χ0v) is 11.1. The van der Waals surface area contributed by atoms with Crippen molar-refractivity contribution in [3.8, 4) is 0 Å². The van der Waals surface area contributed by atoms with E-state index in [0.717, 1.165) is 0 Å². The van der Waals surface area contributed by atoms with Crippen LogP contribution >= 0.6 is 0 Å². The summed E-state index contributed by atoms with van der Waals surface area (Å²) in [5, 5.41) is 11.7. The number of nitrogens with zero attached hydrogens (tertiary/aromatic N) is 1. The van der Waals surface area contributed by atoms with Crippen LogP contribution in [0.5, 0.6) is 0 Å². The summed E-state index contributed by atoms with van der Waals surface area (Å²) in [4.78, 5) is 10.4. The molecule has 0 aromatic heterocycles. The number of rotatable bonds is 5. The SMILES string of the molecule is CC1(C)CNCCN1S(=O)(=O)CCCC(=O)O. The third-order valence-corrected chi connectivity index (χ3v) is 5.01. The lowest BCUT2D eigenvalue weighted by molar-refractivity contribution is -0.137. The first-order valence-electron chi connectivity index (χ1n) is 5.69. The summed E-state index contributed by atoms with van der Waals surface area (Å²) >= 11 is 0. The Labute approximate surface area is 102 Å². The molecule has 1 rings (SSSR count). The molecule has 0 aliphatic carbocycles. The zero-order chi connectivity index (χ0) is 13.1. The summed E-state index contributed by atoms with van der Waals surface area (Å²) in [7, 11) is -3.36. The summed E-state index contributed by atoms with van der Waals surface area (Å²) in [6, 6.07) is 0. The topological polar surface area (TPSA) is 86.7 Å². The van der Waals surface area contributed by atoms with Crippen molar-refractivity contribution in [3.63, 3.8) is 0 Å². The van der Waals surface area contributed by atoms with Crippen molar-refractivity contribution in [2.75, 3.05) is 25.4 Å². The molecule has 17 heavy (non-hydrogen) atoms. The molecular weight excluding hydrogens is 244 g/mol. The van der Waals surface area contributed by atoms with Crippen LogP contribution in [0.4, 0.5) is 0 Å². The van der Waals surface area contributed by atoms with Gasteiger partial charge in [-0.2, -0.15) is 4.31 Å². The maximum Gasteiger partial charge on any atom is 0.303 e. The molecule has 0 radical (unpaired) electrons. The Hall–Kier alpha value is -0.660. The maximum absolute atomic E-state index is 12.1. The van der Waals surface area contributed by atoms with Gasteiger partial charge >= 0.3 is 5.97 Å². The van der Waals surface area contributed by atoms with Crippen LogP contribution in [0.15, 0.2) is 0 Å². The number of carboxylic acid groups (broad SMARTS) is 1. The molecule has 0 spiro atoms. The molecule has 0 unspecified atom stereocenters. The lowest BCUT2D eigenvalue weighted by Crippen LogP contribution is -2.60. The minimum atomic E-state index is -3.36. The average molecular weight is 264 g/mol. The van der Waals surface area contributed by atoms with Gasteiger partial charge in [-0.25, -0.2) is 8.42 Å². The van der Waals surface area contributed by atoms with Gasteiger partial charge in [0.25, 0.3) is 0 Å². The molecule has 6 nitrogen and oxygen atoms in total. The molecule has 0 amide bonds. The van der Waals surface area contributed by atoms with Gasteiger partial charge in [-0.3, -0.25) is 4.79 Å². The molecule has 0 aromatic rings. The largest absolute Gasteiger partial charge is 0.481 e. The maximum atomic E-state index is 12.1. The van der Waals surface area contributed by atoms with E-state index in [1.54, 1.807) is 0 Å². The summed E-state index contributed by atoms with van der Waals surface area (Å²) < 4.78 is 25.7. The van der Waals surface area contributed by atoms with E-state index in [2.05, 4.69) is 5.32 Å². The first-order chi connectivity index (χ1) is 7.76. The van der Waals surface area contributed by atoms with Gasteiger partial charge in [0.1, 0.15) is 0 Å². The van der Waals surface area contributed by atoms with Crippen molar-refractivity contribution in [1.82, 2.24) is 9.62 Å². The fraction of sp³-hybridized carbons (Fsp3) is 0.900. The molecule has 2 N–H and O–H groups in total. The van der Waals surface area contributed by atoms with Crippen LogP contribution in [0.1, 0.15) is 26.7 Å². The Kier molecular flexibility index (Phi) is 4.51. The number of carboxylic acids is 1. The number of hydrogen-bond acceptors (Lipinski definition) is 4. The second-order valence-corrected chi connectivity index (χ2v) is 6.89. The molecule has 1 heterocycles. The molecule has 1 fully saturated rings. The molecule has 1 aliphatic rings. The highest BCUT2D eigenvalue weighted by Gasteiger charge is 2.37. The number of sulfonamides is 1. The van der Waals surface area contributed by atoms with Crippen molar-refractivity contribution in [1.29, 1.82) is 0 Å². The minimum absolute atomic E-state index is 0.0945. The summed E-state index contributed by atoms with van der Waals surface area (Å²) in [6.07, 6.45) is 0.0590. The highest BCUT2D eigenvalue weighted by Crippen LogP contribution is 2.21. The fourth-order valence-electron chi connectivity index (χ4n) is 2.00. The highest BCUT2D eigenvalue weighted by molar-refractivity contribution is 7.89. The van der Waals surface area contributed by atoms with Gasteiger partial charge in [0.2, 0.25) is 10.0 Å². The van der Waals surface area contributed by atoms with Crippen LogP contribution in [-0.4, -0.2) is 54.7 Å². The van der Waals surface area contributed by atoms with Crippen molar-refractivity contribution >= 4 is 16.0 Å². The van der Waals surface area contributed by atoms with Gasteiger partial charge in [0.05, 0.1) is 5.75 Å². The smallest absolute Gasteiger partial charge is 0.303 e. The van der Waals surface area contributed by atoms with Crippen LogP contribution in [-0.2, 0) is 14.8 Å². The Balaban J connectivity index is 2.65. The van der Waals surface area contributed by atoms with Gasteiger partial charge < -0.3 is 10.4 Å². The van der Waals surface area contributed by atoms with Gasteiger partial charge in [-0.05, 0) is 20.3 Å². The van der Waals surface area contributed by atoms with E-state index >= 15 is 0 Å². The first kappa shape index (κ1) is 14.4. The molecule has 1 saturated heterocycles. The minimum Gasteiger partial charge on any atom is -0.481 e. The Morgan fingerprint density at radius 2 is 2.12 bits per heavy atom. The lowest BCUT2D eigenvalue weighted by Gasteiger charge is -2.41. The molecule has 0 atom stereocenters. The molecule has 0 bridgehead atoms. The number of aliphatic carboxylic acids is 1. The van der Waals surface area contributed by atoms with Crippen molar-refractivity contribution in [3.05, 3.63) is 0 Å². The van der Waals surface area contributed by atoms with Crippen molar-refractivity contribution in [2.24, 2.45) is 0 Å². The number of hydrogen-bond donors (Lipinski definition) is 2. The number of nitrogens with one attached hydrogen (secondary N) is 1. The quantitative estimate of drug-likeness (QED) is 0.722. The van der Waals surface area contributed by atoms with E-state index in [1.807, 2.05) is 13.8 Å². The highest BCUT2D eigenvalue weighted by atomic mass is 32.2. The van der Waals surface area contributed by atoms with Gasteiger partial charge in [0.15, 0.2) is 0 Å².